The van der Waals surface area contributed by atoms with Crippen molar-refractivity contribution < 1.29 is 17.9 Å². The number of carbonyl (C=O) groups is 1. The molecule has 1 amide bonds. The van der Waals surface area contributed by atoms with Gasteiger partial charge in [-0.1, -0.05) is 25.3 Å². The fourth-order valence-corrected chi connectivity index (χ4v) is 5.43. The Bertz CT molecular complexity index is 729. The number of benzene rings is 1. The summed E-state index contributed by atoms with van der Waals surface area (Å²) >= 11 is 0. The van der Waals surface area contributed by atoms with Gasteiger partial charge in [0.2, 0.25) is 15.9 Å². The maximum atomic E-state index is 12.9. The van der Waals surface area contributed by atoms with Crippen LogP contribution in [0.4, 0.5) is 0 Å². The molecule has 0 spiro atoms. The number of nitrogens with one attached hydrogen (secondary N) is 1. The minimum atomic E-state index is -3.59. The van der Waals surface area contributed by atoms with E-state index in [0.717, 1.165) is 38.5 Å². The molecule has 144 valence electrons. The summed E-state index contributed by atoms with van der Waals surface area (Å²) in [5.74, 6) is 0.703. The number of amides is 1. The lowest BCUT2D eigenvalue weighted by atomic mass is 9.88. The van der Waals surface area contributed by atoms with Crippen molar-refractivity contribution in [2.24, 2.45) is 5.92 Å². The second kappa shape index (κ2) is 8.39. The van der Waals surface area contributed by atoms with Gasteiger partial charge in [0.15, 0.2) is 0 Å². The molecular weight excluding hydrogens is 352 g/mol. The lowest BCUT2D eigenvalue weighted by molar-refractivity contribution is -0.126. The SMILES string of the molecule is COc1cccc(S(=O)(=O)N2CCC[C@@H](NC(=O)C3CCCCC3)C2)c1. The van der Waals surface area contributed by atoms with Crippen LogP contribution in [0.1, 0.15) is 44.9 Å². The summed E-state index contributed by atoms with van der Waals surface area (Å²) in [6.07, 6.45) is 6.90. The van der Waals surface area contributed by atoms with Crippen molar-refractivity contribution >= 4 is 15.9 Å². The summed E-state index contributed by atoms with van der Waals surface area (Å²) in [5.41, 5.74) is 0. The Morgan fingerprint density at radius 1 is 1.15 bits per heavy atom. The predicted molar refractivity (Wildman–Crippen MR) is 99.5 cm³/mol. The number of methoxy groups -OCH3 is 1. The van der Waals surface area contributed by atoms with Crippen LogP contribution in [0.5, 0.6) is 5.75 Å². The monoisotopic (exact) mass is 380 g/mol. The molecule has 1 aromatic carbocycles. The van der Waals surface area contributed by atoms with Crippen LogP contribution in [-0.2, 0) is 14.8 Å². The van der Waals surface area contributed by atoms with Crippen molar-refractivity contribution in [3.05, 3.63) is 24.3 Å². The summed E-state index contributed by atoms with van der Waals surface area (Å²) < 4.78 is 32.5. The van der Waals surface area contributed by atoms with Crippen LogP contribution in [-0.4, -0.2) is 44.9 Å². The van der Waals surface area contributed by atoms with E-state index in [9.17, 15) is 13.2 Å². The second-order valence-electron chi connectivity index (χ2n) is 7.22. The number of nitrogens with zero attached hydrogens (tertiary/aromatic N) is 1. The molecule has 7 heteroatoms. The van der Waals surface area contributed by atoms with Crippen molar-refractivity contribution in [3.8, 4) is 5.75 Å². The molecular formula is C19H28N2O4S. The van der Waals surface area contributed by atoms with Gasteiger partial charge in [0.1, 0.15) is 5.75 Å². The third kappa shape index (κ3) is 4.38. The molecule has 1 aliphatic carbocycles. The fraction of sp³-hybridized carbons (Fsp3) is 0.632. The van der Waals surface area contributed by atoms with E-state index in [-0.39, 0.29) is 22.8 Å². The van der Waals surface area contributed by atoms with E-state index in [2.05, 4.69) is 5.32 Å². The molecule has 1 saturated carbocycles. The molecule has 0 unspecified atom stereocenters. The highest BCUT2D eigenvalue weighted by Gasteiger charge is 2.32. The standard InChI is InChI=1S/C19H28N2O4S/c1-25-17-10-5-11-18(13-17)26(23,24)21-12-6-9-16(14-21)20-19(22)15-7-3-2-4-8-15/h5,10-11,13,15-16H,2-4,6-9,12,14H2,1H3,(H,20,22)/t16-/m1/s1. The van der Waals surface area contributed by atoms with Crippen molar-refractivity contribution in [2.45, 2.75) is 55.9 Å². The minimum absolute atomic E-state index is 0.0918. The zero-order valence-electron chi connectivity index (χ0n) is 15.3. The number of hydrogen-bond acceptors (Lipinski definition) is 4. The molecule has 2 fully saturated rings. The number of hydrogen-bond donors (Lipinski definition) is 1. The van der Waals surface area contributed by atoms with Crippen LogP contribution in [0, 0.1) is 5.92 Å². The van der Waals surface area contributed by atoms with Gasteiger partial charge in [0.25, 0.3) is 0 Å². The number of piperidine rings is 1. The third-order valence-corrected chi connectivity index (χ3v) is 7.25. The molecule has 1 aliphatic heterocycles. The van der Waals surface area contributed by atoms with Crippen LogP contribution < -0.4 is 10.1 Å². The van der Waals surface area contributed by atoms with Crippen molar-refractivity contribution in [1.82, 2.24) is 9.62 Å². The fourth-order valence-electron chi connectivity index (χ4n) is 3.87. The Hall–Kier alpha value is -1.60. The lowest BCUT2D eigenvalue weighted by Crippen LogP contribution is -2.50. The molecule has 2 aliphatic rings. The van der Waals surface area contributed by atoms with Crippen molar-refractivity contribution in [1.29, 1.82) is 0 Å². The Morgan fingerprint density at radius 3 is 2.65 bits per heavy atom. The van der Waals surface area contributed by atoms with Gasteiger partial charge < -0.3 is 10.1 Å². The average molecular weight is 381 g/mol. The molecule has 1 aromatic rings. The summed E-state index contributed by atoms with van der Waals surface area (Å²) in [7, 11) is -2.07. The Balaban J connectivity index is 1.66. The van der Waals surface area contributed by atoms with Gasteiger partial charge in [0, 0.05) is 31.1 Å². The van der Waals surface area contributed by atoms with Crippen molar-refractivity contribution in [2.75, 3.05) is 20.2 Å². The van der Waals surface area contributed by atoms with E-state index < -0.39 is 10.0 Å². The summed E-state index contributed by atoms with van der Waals surface area (Å²) in [6, 6.07) is 6.42. The van der Waals surface area contributed by atoms with Crippen LogP contribution in [0.2, 0.25) is 0 Å². The Kier molecular flexibility index (Phi) is 6.19. The topological polar surface area (TPSA) is 75.7 Å². The minimum Gasteiger partial charge on any atom is -0.497 e. The van der Waals surface area contributed by atoms with Gasteiger partial charge in [-0.3, -0.25) is 4.79 Å². The van der Waals surface area contributed by atoms with E-state index in [0.29, 0.717) is 18.8 Å². The van der Waals surface area contributed by atoms with E-state index in [4.69, 9.17) is 4.74 Å². The van der Waals surface area contributed by atoms with Crippen molar-refractivity contribution in [3.63, 3.8) is 0 Å². The summed E-state index contributed by atoms with van der Waals surface area (Å²) in [6.45, 7) is 0.813. The molecule has 0 bridgehead atoms. The highest BCUT2D eigenvalue weighted by atomic mass is 32.2. The first-order valence-electron chi connectivity index (χ1n) is 9.45. The lowest BCUT2D eigenvalue weighted by Gasteiger charge is -2.33. The molecule has 1 atom stereocenters. The molecule has 3 rings (SSSR count). The first-order valence-corrected chi connectivity index (χ1v) is 10.9. The highest BCUT2D eigenvalue weighted by Crippen LogP contribution is 2.26. The zero-order chi connectivity index (χ0) is 18.6. The van der Waals surface area contributed by atoms with E-state index in [1.165, 1.54) is 17.8 Å². The number of carbonyl (C=O) groups excluding carboxylic acids is 1. The first-order chi connectivity index (χ1) is 12.5. The zero-order valence-corrected chi connectivity index (χ0v) is 16.1. The second-order valence-corrected chi connectivity index (χ2v) is 9.16. The largest absolute Gasteiger partial charge is 0.497 e. The number of sulfonamides is 1. The molecule has 1 heterocycles. The maximum absolute atomic E-state index is 12.9. The van der Waals surface area contributed by atoms with Crippen LogP contribution in [0.25, 0.3) is 0 Å². The quantitative estimate of drug-likeness (QED) is 0.852. The first kappa shape index (κ1) is 19.2. The Labute approximate surface area is 156 Å². The molecule has 0 aromatic heterocycles. The summed E-state index contributed by atoms with van der Waals surface area (Å²) in [5, 5.41) is 3.09. The van der Waals surface area contributed by atoms with Gasteiger partial charge in [-0.2, -0.15) is 4.31 Å². The van der Waals surface area contributed by atoms with E-state index in [1.54, 1.807) is 24.3 Å². The van der Waals surface area contributed by atoms with Gasteiger partial charge in [-0.25, -0.2) is 8.42 Å². The molecule has 6 nitrogen and oxygen atoms in total. The maximum Gasteiger partial charge on any atom is 0.243 e. The average Bonchev–Trinajstić information content (AvgIpc) is 2.69. The molecule has 1 saturated heterocycles. The van der Waals surface area contributed by atoms with Crippen LogP contribution in [0.15, 0.2) is 29.2 Å². The van der Waals surface area contributed by atoms with Gasteiger partial charge in [-0.15, -0.1) is 0 Å². The van der Waals surface area contributed by atoms with E-state index in [1.807, 2.05) is 0 Å². The van der Waals surface area contributed by atoms with Gasteiger partial charge >= 0.3 is 0 Å². The molecule has 26 heavy (non-hydrogen) atoms. The van der Waals surface area contributed by atoms with Gasteiger partial charge in [0.05, 0.1) is 12.0 Å². The third-order valence-electron chi connectivity index (χ3n) is 5.39. The number of rotatable bonds is 5. The summed E-state index contributed by atoms with van der Waals surface area (Å²) in [4.78, 5) is 12.7. The van der Waals surface area contributed by atoms with Crippen LogP contribution in [0.3, 0.4) is 0 Å². The predicted octanol–water partition coefficient (Wildman–Crippen LogP) is 2.54. The smallest absolute Gasteiger partial charge is 0.243 e. The molecule has 0 radical (unpaired) electrons. The van der Waals surface area contributed by atoms with Crippen LogP contribution >= 0.6 is 0 Å². The molecule has 1 N–H and O–H groups in total. The highest BCUT2D eigenvalue weighted by molar-refractivity contribution is 7.89. The number of ether oxygens (including phenoxy) is 1. The van der Waals surface area contributed by atoms with E-state index >= 15 is 0 Å². The Morgan fingerprint density at radius 2 is 1.92 bits per heavy atom. The van der Waals surface area contributed by atoms with Gasteiger partial charge in [-0.05, 0) is 37.8 Å². The normalized spacial score (nSPS) is 22.7.